The van der Waals surface area contributed by atoms with E-state index in [2.05, 4.69) is 0 Å². The number of ether oxygens (including phenoxy) is 1. The summed E-state index contributed by atoms with van der Waals surface area (Å²) in [6, 6.07) is -0.0560. The molecule has 0 aromatic heterocycles. The second kappa shape index (κ2) is 6.37. The van der Waals surface area contributed by atoms with Crippen molar-refractivity contribution >= 4 is 11.9 Å². The van der Waals surface area contributed by atoms with Gasteiger partial charge >= 0.3 is 5.97 Å². The molecule has 1 fully saturated rings. The van der Waals surface area contributed by atoms with Gasteiger partial charge in [0.25, 0.3) is 0 Å². The monoisotopic (exact) mass is 270 g/mol. The van der Waals surface area contributed by atoms with Crippen molar-refractivity contribution in [3.63, 3.8) is 0 Å². The lowest BCUT2D eigenvalue weighted by atomic mass is 9.88. The van der Waals surface area contributed by atoms with Crippen LogP contribution < -0.4 is 5.73 Å². The molecule has 1 aliphatic heterocycles. The predicted octanol–water partition coefficient (Wildman–Crippen LogP) is 1.16. The molecule has 1 aliphatic rings. The number of hydrogen-bond donors (Lipinski definition) is 1. The lowest BCUT2D eigenvalue weighted by Crippen LogP contribution is -2.52. The number of piperidine rings is 1. The van der Waals surface area contributed by atoms with Crippen molar-refractivity contribution in [1.29, 1.82) is 0 Å². The minimum Gasteiger partial charge on any atom is -0.466 e. The van der Waals surface area contributed by atoms with E-state index in [1.54, 1.807) is 11.8 Å². The highest BCUT2D eigenvalue weighted by Crippen LogP contribution is 2.24. The molecule has 2 atom stereocenters. The molecular formula is C14H26N2O3. The lowest BCUT2D eigenvalue weighted by molar-refractivity contribution is -0.147. The Hall–Kier alpha value is -1.10. The third-order valence-electron chi connectivity index (χ3n) is 3.26. The SMILES string of the molecule is CCOC(=O)CC1CC(N)CN(C(=O)C(C)(C)C)C1. The molecule has 0 aromatic carbocycles. The van der Waals surface area contributed by atoms with E-state index in [-0.39, 0.29) is 23.8 Å². The van der Waals surface area contributed by atoms with Gasteiger partial charge in [0, 0.05) is 24.5 Å². The van der Waals surface area contributed by atoms with Gasteiger partial charge in [-0.1, -0.05) is 20.8 Å². The maximum absolute atomic E-state index is 12.3. The van der Waals surface area contributed by atoms with Crippen LogP contribution in [0.5, 0.6) is 0 Å². The zero-order valence-electron chi connectivity index (χ0n) is 12.4. The van der Waals surface area contributed by atoms with Crippen LogP contribution in [0.2, 0.25) is 0 Å². The fourth-order valence-corrected chi connectivity index (χ4v) is 2.49. The molecule has 1 rings (SSSR count). The van der Waals surface area contributed by atoms with E-state index in [4.69, 9.17) is 10.5 Å². The topological polar surface area (TPSA) is 72.6 Å². The second-order valence-corrected chi connectivity index (χ2v) is 6.33. The quantitative estimate of drug-likeness (QED) is 0.781. The summed E-state index contributed by atoms with van der Waals surface area (Å²) >= 11 is 0. The van der Waals surface area contributed by atoms with Crippen molar-refractivity contribution in [2.75, 3.05) is 19.7 Å². The summed E-state index contributed by atoms with van der Waals surface area (Å²) in [7, 11) is 0. The molecule has 0 aromatic rings. The van der Waals surface area contributed by atoms with Crippen molar-refractivity contribution in [1.82, 2.24) is 4.90 Å². The van der Waals surface area contributed by atoms with Crippen LogP contribution in [0.3, 0.4) is 0 Å². The van der Waals surface area contributed by atoms with Crippen LogP contribution in [0.15, 0.2) is 0 Å². The number of nitrogens with two attached hydrogens (primary N) is 1. The first-order valence-electron chi connectivity index (χ1n) is 6.94. The number of carbonyl (C=O) groups is 2. The average Bonchev–Trinajstić information content (AvgIpc) is 2.26. The van der Waals surface area contributed by atoms with Crippen molar-refractivity contribution < 1.29 is 14.3 Å². The summed E-state index contributed by atoms with van der Waals surface area (Å²) in [5.41, 5.74) is 5.59. The lowest BCUT2D eigenvalue weighted by Gasteiger charge is -2.39. The molecule has 0 spiro atoms. The molecule has 2 unspecified atom stereocenters. The van der Waals surface area contributed by atoms with Gasteiger partial charge in [0.05, 0.1) is 13.0 Å². The predicted molar refractivity (Wildman–Crippen MR) is 73.4 cm³/mol. The van der Waals surface area contributed by atoms with E-state index >= 15 is 0 Å². The Bertz CT molecular complexity index is 336. The summed E-state index contributed by atoms with van der Waals surface area (Å²) in [5.74, 6) is -0.00429. The molecule has 0 saturated carbocycles. The fraction of sp³-hybridized carbons (Fsp3) is 0.857. The number of likely N-dealkylation sites (tertiary alicyclic amines) is 1. The summed E-state index contributed by atoms with van der Waals surface area (Å²) in [6.45, 7) is 9.06. The molecule has 1 amide bonds. The summed E-state index contributed by atoms with van der Waals surface area (Å²) in [5, 5.41) is 0. The number of carbonyl (C=O) groups excluding carboxylic acids is 2. The van der Waals surface area contributed by atoms with E-state index in [0.29, 0.717) is 26.1 Å². The minimum absolute atomic E-state index is 0.0560. The summed E-state index contributed by atoms with van der Waals surface area (Å²) < 4.78 is 4.96. The van der Waals surface area contributed by atoms with Gasteiger partial charge in [0.1, 0.15) is 0 Å². The normalized spacial score (nSPS) is 24.2. The minimum atomic E-state index is -0.411. The van der Waals surface area contributed by atoms with Crippen molar-refractivity contribution in [3.8, 4) is 0 Å². The third kappa shape index (κ3) is 4.82. The Labute approximate surface area is 115 Å². The van der Waals surface area contributed by atoms with Crippen LogP contribution in [0.1, 0.15) is 40.5 Å². The van der Waals surface area contributed by atoms with Gasteiger partial charge in [-0.2, -0.15) is 0 Å². The molecule has 2 N–H and O–H groups in total. The molecule has 1 saturated heterocycles. The molecule has 0 radical (unpaired) electrons. The Balaban J connectivity index is 2.63. The third-order valence-corrected chi connectivity index (χ3v) is 3.26. The molecule has 0 bridgehead atoms. The zero-order chi connectivity index (χ0) is 14.6. The van der Waals surface area contributed by atoms with E-state index in [0.717, 1.165) is 6.42 Å². The van der Waals surface area contributed by atoms with Crippen LogP contribution in [0.25, 0.3) is 0 Å². The maximum Gasteiger partial charge on any atom is 0.306 e. The van der Waals surface area contributed by atoms with Crippen molar-refractivity contribution in [3.05, 3.63) is 0 Å². The van der Waals surface area contributed by atoms with Gasteiger partial charge in [-0.15, -0.1) is 0 Å². The number of esters is 1. The number of nitrogens with zero attached hydrogens (tertiary/aromatic N) is 1. The molecule has 5 nitrogen and oxygen atoms in total. The Morgan fingerprint density at radius 2 is 1.95 bits per heavy atom. The van der Waals surface area contributed by atoms with E-state index in [1.807, 2.05) is 20.8 Å². The number of hydrogen-bond acceptors (Lipinski definition) is 4. The highest BCUT2D eigenvalue weighted by molar-refractivity contribution is 5.81. The van der Waals surface area contributed by atoms with E-state index < -0.39 is 5.41 Å². The number of amides is 1. The van der Waals surface area contributed by atoms with Gasteiger partial charge < -0.3 is 15.4 Å². The molecule has 0 aliphatic carbocycles. The highest BCUT2D eigenvalue weighted by Gasteiger charge is 2.34. The van der Waals surface area contributed by atoms with Crippen molar-refractivity contribution in [2.45, 2.75) is 46.6 Å². The largest absolute Gasteiger partial charge is 0.466 e. The highest BCUT2D eigenvalue weighted by atomic mass is 16.5. The van der Waals surface area contributed by atoms with Crippen LogP contribution in [-0.2, 0) is 14.3 Å². The maximum atomic E-state index is 12.3. The first-order chi connectivity index (χ1) is 8.74. The smallest absolute Gasteiger partial charge is 0.306 e. The van der Waals surface area contributed by atoms with Gasteiger partial charge in [0.15, 0.2) is 0 Å². The Kier molecular flexibility index (Phi) is 5.35. The summed E-state index contributed by atoms with van der Waals surface area (Å²) in [6.07, 6.45) is 1.11. The van der Waals surface area contributed by atoms with Crippen LogP contribution in [0.4, 0.5) is 0 Å². The molecule has 1 heterocycles. The number of rotatable bonds is 3. The van der Waals surface area contributed by atoms with Crippen LogP contribution >= 0.6 is 0 Å². The average molecular weight is 270 g/mol. The van der Waals surface area contributed by atoms with E-state index in [9.17, 15) is 9.59 Å². The Morgan fingerprint density at radius 1 is 1.32 bits per heavy atom. The molecule has 110 valence electrons. The van der Waals surface area contributed by atoms with E-state index in [1.165, 1.54) is 0 Å². The first-order valence-corrected chi connectivity index (χ1v) is 6.94. The summed E-state index contributed by atoms with van der Waals surface area (Å²) in [4.78, 5) is 25.6. The van der Waals surface area contributed by atoms with Crippen LogP contribution in [0, 0.1) is 11.3 Å². The van der Waals surface area contributed by atoms with Gasteiger partial charge in [-0.25, -0.2) is 0 Å². The zero-order valence-corrected chi connectivity index (χ0v) is 12.4. The Morgan fingerprint density at radius 3 is 2.47 bits per heavy atom. The van der Waals surface area contributed by atoms with Crippen LogP contribution in [-0.4, -0.2) is 42.5 Å². The van der Waals surface area contributed by atoms with Gasteiger partial charge in [-0.3, -0.25) is 9.59 Å². The van der Waals surface area contributed by atoms with Gasteiger partial charge in [0.2, 0.25) is 5.91 Å². The first kappa shape index (κ1) is 16.0. The van der Waals surface area contributed by atoms with Gasteiger partial charge in [-0.05, 0) is 19.3 Å². The molecule has 5 heteroatoms. The van der Waals surface area contributed by atoms with Crippen molar-refractivity contribution in [2.24, 2.45) is 17.1 Å². The molecular weight excluding hydrogens is 244 g/mol. The fourth-order valence-electron chi connectivity index (χ4n) is 2.49. The second-order valence-electron chi connectivity index (χ2n) is 6.33. The molecule has 19 heavy (non-hydrogen) atoms. The standard InChI is InChI=1S/C14H26N2O3/c1-5-19-12(17)7-10-6-11(15)9-16(8-10)13(18)14(2,3)4/h10-11H,5-9,15H2,1-4H3.